The lowest BCUT2D eigenvalue weighted by Crippen LogP contribution is -2.63. The molecule has 94 valence electrons. The zero-order valence-corrected chi connectivity index (χ0v) is 10.6. The van der Waals surface area contributed by atoms with E-state index in [-0.39, 0.29) is 11.6 Å². The Labute approximate surface area is 107 Å². The van der Waals surface area contributed by atoms with Gasteiger partial charge in [-0.15, -0.1) is 0 Å². The number of likely N-dealkylation sites (tertiary alicyclic amines) is 1. The average molecular weight is 243 g/mol. The van der Waals surface area contributed by atoms with Gasteiger partial charge in [-0.2, -0.15) is 0 Å². The van der Waals surface area contributed by atoms with Crippen LogP contribution in [0, 0.1) is 5.92 Å². The van der Waals surface area contributed by atoms with Gasteiger partial charge in [0.15, 0.2) is 5.72 Å². The fourth-order valence-corrected chi connectivity index (χ4v) is 4.19. The van der Waals surface area contributed by atoms with Crippen molar-refractivity contribution in [1.29, 1.82) is 0 Å². The van der Waals surface area contributed by atoms with E-state index in [4.69, 9.17) is 4.74 Å². The summed E-state index contributed by atoms with van der Waals surface area (Å²) in [5.74, 6) is 2.06. The lowest BCUT2D eigenvalue weighted by atomic mass is 9.73. The zero-order chi connectivity index (χ0) is 12.3. The van der Waals surface area contributed by atoms with Crippen molar-refractivity contribution in [1.82, 2.24) is 4.90 Å². The van der Waals surface area contributed by atoms with E-state index in [1.165, 1.54) is 12.0 Å². The maximum absolute atomic E-state index is 12.2. The van der Waals surface area contributed by atoms with Crippen LogP contribution in [-0.2, 0) is 4.79 Å². The summed E-state index contributed by atoms with van der Waals surface area (Å²) < 4.78 is 6.30. The van der Waals surface area contributed by atoms with Crippen molar-refractivity contribution in [3.05, 3.63) is 29.8 Å². The summed E-state index contributed by atoms with van der Waals surface area (Å²) in [6.45, 7) is 0. The third-order valence-electron chi connectivity index (χ3n) is 5.06. The molecule has 0 spiro atoms. The van der Waals surface area contributed by atoms with Crippen LogP contribution in [0.4, 0.5) is 0 Å². The molecule has 2 bridgehead atoms. The van der Waals surface area contributed by atoms with Crippen LogP contribution >= 0.6 is 0 Å². The van der Waals surface area contributed by atoms with Crippen LogP contribution in [0.1, 0.15) is 37.2 Å². The van der Waals surface area contributed by atoms with Gasteiger partial charge >= 0.3 is 0 Å². The molecule has 0 radical (unpaired) electrons. The van der Waals surface area contributed by atoms with Crippen molar-refractivity contribution in [2.24, 2.45) is 5.92 Å². The molecule has 2 fully saturated rings. The SMILES string of the molecule is CN1C(=O)C[C@H]2c3ccccc3O[C@]13CCC[C@H]23. The minimum absolute atomic E-state index is 0.229. The number of hydrogen-bond acceptors (Lipinski definition) is 2. The molecule has 3 atom stereocenters. The fraction of sp³-hybridized carbons (Fsp3) is 0.533. The Morgan fingerprint density at radius 3 is 3.11 bits per heavy atom. The van der Waals surface area contributed by atoms with Crippen molar-refractivity contribution >= 4 is 5.91 Å². The van der Waals surface area contributed by atoms with Crippen LogP contribution in [0.5, 0.6) is 5.75 Å². The van der Waals surface area contributed by atoms with Crippen LogP contribution in [0.25, 0.3) is 0 Å². The Morgan fingerprint density at radius 2 is 2.22 bits per heavy atom. The van der Waals surface area contributed by atoms with Crippen molar-refractivity contribution in [2.75, 3.05) is 7.05 Å². The number of carbonyl (C=O) groups is 1. The van der Waals surface area contributed by atoms with Gasteiger partial charge in [-0.3, -0.25) is 4.79 Å². The molecule has 3 aliphatic rings. The molecule has 0 N–H and O–H groups in total. The molecule has 1 saturated carbocycles. The second-order valence-corrected chi connectivity index (χ2v) is 5.75. The lowest BCUT2D eigenvalue weighted by molar-refractivity contribution is -0.175. The minimum Gasteiger partial charge on any atom is -0.467 e. The van der Waals surface area contributed by atoms with E-state index in [1.54, 1.807) is 0 Å². The molecule has 1 amide bonds. The van der Waals surface area contributed by atoms with Crippen molar-refractivity contribution in [3.63, 3.8) is 0 Å². The third kappa shape index (κ3) is 1.08. The summed E-state index contributed by atoms with van der Waals surface area (Å²) in [5.41, 5.74) is 0.885. The Kier molecular flexibility index (Phi) is 1.90. The van der Waals surface area contributed by atoms with Gasteiger partial charge in [-0.05, 0) is 24.5 Å². The number of fused-ring (bicyclic) bond motifs is 2. The van der Waals surface area contributed by atoms with Gasteiger partial charge in [-0.25, -0.2) is 0 Å². The molecule has 2 aliphatic heterocycles. The first-order chi connectivity index (χ1) is 8.72. The third-order valence-corrected chi connectivity index (χ3v) is 5.06. The Bertz CT molecular complexity index is 527. The average Bonchev–Trinajstić information content (AvgIpc) is 2.81. The summed E-state index contributed by atoms with van der Waals surface area (Å²) in [6.07, 6.45) is 3.96. The number of rotatable bonds is 0. The van der Waals surface area contributed by atoms with E-state index >= 15 is 0 Å². The number of ether oxygens (including phenoxy) is 1. The maximum atomic E-state index is 12.2. The standard InChI is InChI=1S/C15H17NO2/c1-16-14(17)9-11-10-5-2-3-7-13(10)18-15(16)8-4-6-12(11)15/h2-3,5,7,11-12H,4,6,8-9H2,1H3/t11-,12+,15-/m0/s1. The molecule has 1 aromatic carbocycles. The van der Waals surface area contributed by atoms with Crippen LogP contribution in [0.15, 0.2) is 24.3 Å². The van der Waals surface area contributed by atoms with E-state index in [1.807, 2.05) is 30.1 Å². The first-order valence-corrected chi connectivity index (χ1v) is 6.77. The first kappa shape index (κ1) is 10.4. The topological polar surface area (TPSA) is 29.5 Å². The highest BCUT2D eigenvalue weighted by Crippen LogP contribution is 2.57. The molecule has 1 saturated heterocycles. The highest BCUT2D eigenvalue weighted by atomic mass is 16.5. The van der Waals surface area contributed by atoms with E-state index < -0.39 is 0 Å². The smallest absolute Gasteiger partial charge is 0.226 e. The maximum Gasteiger partial charge on any atom is 0.226 e. The Hall–Kier alpha value is -1.51. The molecular weight excluding hydrogens is 226 g/mol. The zero-order valence-electron chi connectivity index (χ0n) is 10.6. The molecule has 1 aromatic rings. The number of para-hydroxylation sites is 1. The van der Waals surface area contributed by atoms with Crippen molar-refractivity contribution < 1.29 is 9.53 Å². The van der Waals surface area contributed by atoms with Gasteiger partial charge in [0, 0.05) is 31.7 Å². The molecule has 18 heavy (non-hydrogen) atoms. The van der Waals surface area contributed by atoms with Gasteiger partial charge in [0.05, 0.1) is 0 Å². The largest absolute Gasteiger partial charge is 0.467 e. The summed E-state index contributed by atoms with van der Waals surface area (Å²) >= 11 is 0. The quantitative estimate of drug-likeness (QED) is 0.700. The van der Waals surface area contributed by atoms with Crippen molar-refractivity contribution in [2.45, 2.75) is 37.3 Å². The van der Waals surface area contributed by atoms with Crippen LogP contribution in [-0.4, -0.2) is 23.6 Å². The van der Waals surface area contributed by atoms with Gasteiger partial charge < -0.3 is 9.64 Å². The summed E-state index contributed by atoms with van der Waals surface area (Å²) in [7, 11) is 1.91. The Morgan fingerprint density at radius 1 is 1.39 bits per heavy atom. The predicted molar refractivity (Wildman–Crippen MR) is 67.3 cm³/mol. The molecule has 1 aliphatic carbocycles. The molecule has 0 aromatic heterocycles. The number of benzene rings is 1. The molecule has 3 nitrogen and oxygen atoms in total. The highest BCUT2D eigenvalue weighted by molar-refractivity contribution is 5.80. The van der Waals surface area contributed by atoms with Crippen molar-refractivity contribution in [3.8, 4) is 5.75 Å². The van der Waals surface area contributed by atoms with Gasteiger partial charge in [0.1, 0.15) is 5.75 Å². The van der Waals surface area contributed by atoms with Gasteiger partial charge in [-0.1, -0.05) is 18.2 Å². The van der Waals surface area contributed by atoms with Crippen LogP contribution in [0.3, 0.4) is 0 Å². The normalized spacial score (nSPS) is 36.9. The molecule has 2 heterocycles. The number of amides is 1. The van der Waals surface area contributed by atoms with Crippen LogP contribution < -0.4 is 4.74 Å². The number of piperidine rings is 1. The number of carbonyl (C=O) groups excluding carboxylic acids is 1. The Balaban J connectivity index is 1.93. The molecule has 3 heteroatoms. The van der Waals surface area contributed by atoms with Gasteiger partial charge in [0.2, 0.25) is 5.91 Å². The second kappa shape index (κ2) is 3.28. The number of hydrogen-bond donors (Lipinski definition) is 0. The lowest BCUT2D eigenvalue weighted by Gasteiger charge is -2.53. The molecule has 4 rings (SSSR count). The van der Waals surface area contributed by atoms with E-state index in [0.29, 0.717) is 18.3 Å². The fourth-order valence-electron chi connectivity index (χ4n) is 4.19. The highest BCUT2D eigenvalue weighted by Gasteiger charge is 2.59. The van der Waals surface area contributed by atoms with E-state index in [2.05, 4.69) is 6.07 Å². The molecular formula is C15H17NO2. The predicted octanol–water partition coefficient (Wildman–Crippen LogP) is 2.52. The summed E-state index contributed by atoms with van der Waals surface area (Å²) in [4.78, 5) is 14.1. The van der Waals surface area contributed by atoms with Gasteiger partial charge in [0.25, 0.3) is 0 Å². The summed E-state index contributed by atoms with van der Waals surface area (Å²) in [6, 6.07) is 8.23. The summed E-state index contributed by atoms with van der Waals surface area (Å²) in [5, 5.41) is 0. The first-order valence-electron chi connectivity index (χ1n) is 6.77. The van der Waals surface area contributed by atoms with Crippen LogP contribution in [0.2, 0.25) is 0 Å². The monoisotopic (exact) mass is 243 g/mol. The number of nitrogens with zero attached hydrogens (tertiary/aromatic N) is 1. The second-order valence-electron chi connectivity index (χ2n) is 5.75. The minimum atomic E-state index is -0.353. The molecule has 0 unspecified atom stereocenters. The van der Waals surface area contributed by atoms with E-state index in [9.17, 15) is 4.79 Å². The van der Waals surface area contributed by atoms with E-state index in [0.717, 1.165) is 18.6 Å².